The van der Waals surface area contributed by atoms with Crippen molar-refractivity contribution in [2.75, 3.05) is 0 Å². The maximum absolute atomic E-state index is 12.6. The van der Waals surface area contributed by atoms with Gasteiger partial charge in [0.15, 0.2) is 5.69 Å². The van der Waals surface area contributed by atoms with Gasteiger partial charge in [0.1, 0.15) is 10.2 Å². The van der Waals surface area contributed by atoms with Gasteiger partial charge in [-0.1, -0.05) is 23.8 Å². The Morgan fingerprint density at radius 3 is 2.48 bits per heavy atom. The summed E-state index contributed by atoms with van der Waals surface area (Å²) in [5, 5.41) is 18.8. The third-order valence-electron chi connectivity index (χ3n) is 3.75. The molecular formula is C16H16N4O3S2. The zero-order valence-electron chi connectivity index (χ0n) is 13.9. The molecule has 0 amide bonds. The molecule has 0 aliphatic heterocycles. The Hall–Kier alpha value is -2.52. The number of sulfonamides is 1. The molecule has 7 nitrogen and oxygen atoms in total. The molecule has 0 aliphatic rings. The van der Waals surface area contributed by atoms with Gasteiger partial charge in [0.05, 0.1) is 9.77 Å². The highest BCUT2D eigenvalue weighted by Crippen LogP contribution is 2.35. The van der Waals surface area contributed by atoms with E-state index in [1.54, 1.807) is 26.1 Å². The van der Waals surface area contributed by atoms with Gasteiger partial charge in [-0.15, -0.1) is 11.3 Å². The fourth-order valence-electron chi connectivity index (χ4n) is 2.30. The number of aromatic nitrogens is 2. The molecular weight excluding hydrogens is 360 g/mol. The molecule has 0 atom stereocenters. The topological polar surface area (TPSA) is 90.4 Å². The highest BCUT2D eigenvalue weighted by atomic mass is 32.2. The zero-order chi connectivity index (χ0) is 18.2. The Bertz CT molecular complexity index is 1030. The van der Waals surface area contributed by atoms with Gasteiger partial charge in [-0.05, 0) is 42.3 Å². The summed E-state index contributed by atoms with van der Waals surface area (Å²) in [7, 11) is -2.42. The lowest BCUT2D eigenvalue weighted by Gasteiger charge is -2.02. The van der Waals surface area contributed by atoms with Crippen molar-refractivity contribution < 1.29 is 13.3 Å². The van der Waals surface area contributed by atoms with E-state index in [0.29, 0.717) is 11.4 Å². The molecule has 1 aromatic carbocycles. The number of aryl methyl sites for hydroxylation is 2. The summed E-state index contributed by atoms with van der Waals surface area (Å²) in [6.07, 6.45) is 0. The summed E-state index contributed by atoms with van der Waals surface area (Å²) >= 11 is 1.41. The van der Waals surface area contributed by atoms with Crippen molar-refractivity contribution in [1.82, 2.24) is 9.78 Å². The zero-order valence-corrected chi connectivity index (χ0v) is 15.5. The van der Waals surface area contributed by atoms with E-state index in [1.165, 1.54) is 28.2 Å². The molecule has 3 rings (SSSR count). The second-order valence-corrected chi connectivity index (χ2v) is 8.06. The third-order valence-corrected chi connectivity index (χ3v) is 5.86. The van der Waals surface area contributed by atoms with E-state index in [-0.39, 0.29) is 15.4 Å². The number of benzene rings is 1. The number of hydrogen-bond donors (Lipinski definition) is 0. The van der Waals surface area contributed by atoms with E-state index in [1.807, 2.05) is 24.4 Å². The van der Waals surface area contributed by atoms with Crippen LogP contribution in [0.1, 0.15) is 11.3 Å². The van der Waals surface area contributed by atoms with Crippen molar-refractivity contribution in [1.29, 1.82) is 0 Å². The Kier molecular flexibility index (Phi) is 4.44. The standard InChI is InChI=1S/C16H16N4O3S2/c1-11-6-8-13(9-7-11)25(22,23)18-20(21)16-12(2)19(3)17-15(16)14-5-4-10-24-14/h4-10H,1-3H3/b20-18-. The van der Waals surface area contributed by atoms with Crippen LogP contribution in [0.15, 0.2) is 51.2 Å². The summed E-state index contributed by atoms with van der Waals surface area (Å²) in [5.74, 6) is 0. The molecule has 2 aromatic heterocycles. The van der Waals surface area contributed by atoms with Crippen LogP contribution in [0, 0.1) is 19.1 Å². The van der Waals surface area contributed by atoms with Crippen LogP contribution in [0.3, 0.4) is 0 Å². The molecule has 0 aliphatic carbocycles. The lowest BCUT2D eigenvalue weighted by molar-refractivity contribution is -0.430. The highest BCUT2D eigenvalue weighted by Gasteiger charge is 2.27. The van der Waals surface area contributed by atoms with Gasteiger partial charge in [-0.2, -0.15) is 13.5 Å². The maximum Gasteiger partial charge on any atom is 0.337 e. The lowest BCUT2D eigenvalue weighted by Crippen LogP contribution is -2.03. The monoisotopic (exact) mass is 376 g/mol. The smallest absolute Gasteiger partial charge is 0.337 e. The number of nitrogens with zero attached hydrogens (tertiary/aromatic N) is 4. The average Bonchev–Trinajstić information content (AvgIpc) is 3.16. The van der Waals surface area contributed by atoms with Gasteiger partial charge >= 0.3 is 10.0 Å². The number of thiophene rings is 1. The Morgan fingerprint density at radius 2 is 1.88 bits per heavy atom. The van der Waals surface area contributed by atoms with Crippen LogP contribution in [0.4, 0.5) is 5.69 Å². The largest absolute Gasteiger partial charge is 0.593 e. The molecule has 0 unspecified atom stereocenters. The first-order chi connectivity index (χ1) is 11.8. The first-order valence-electron chi connectivity index (χ1n) is 7.39. The fraction of sp³-hybridized carbons (Fsp3) is 0.188. The first kappa shape index (κ1) is 17.3. The van der Waals surface area contributed by atoms with E-state index in [4.69, 9.17) is 0 Å². The normalized spacial score (nSPS) is 12.5. The van der Waals surface area contributed by atoms with E-state index in [0.717, 1.165) is 10.4 Å². The summed E-state index contributed by atoms with van der Waals surface area (Å²) in [4.78, 5) is 0.882. The predicted molar refractivity (Wildman–Crippen MR) is 95.3 cm³/mol. The van der Waals surface area contributed by atoms with Crippen molar-refractivity contribution in [2.24, 2.45) is 11.6 Å². The second kappa shape index (κ2) is 6.41. The summed E-state index contributed by atoms with van der Waals surface area (Å²) < 4.78 is 29.8. The molecule has 25 heavy (non-hydrogen) atoms. The van der Waals surface area contributed by atoms with E-state index >= 15 is 0 Å². The predicted octanol–water partition coefficient (Wildman–Crippen LogP) is 3.75. The van der Waals surface area contributed by atoms with Crippen LogP contribution in [0.5, 0.6) is 0 Å². The molecule has 0 saturated carbocycles. The van der Waals surface area contributed by atoms with E-state index in [2.05, 4.69) is 9.62 Å². The van der Waals surface area contributed by atoms with Gasteiger partial charge < -0.3 is 5.21 Å². The molecule has 9 heteroatoms. The minimum absolute atomic E-state index is 0.0295. The molecule has 0 fully saturated rings. The number of rotatable bonds is 4. The molecule has 3 aromatic rings. The summed E-state index contributed by atoms with van der Waals surface area (Å²) in [5.41, 5.74) is 1.98. The third kappa shape index (κ3) is 3.33. The van der Waals surface area contributed by atoms with Crippen LogP contribution >= 0.6 is 11.3 Å². The molecule has 0 N–H and O–H groups in total. The van der Waals surface area contributed by atoms with E-state index in [9.17, 15) is 13.6 Å². The lowest BCUT2D eigenvalue weighted by atomic mass is 10.2. The molecule has 0 radical (unpaired) electrons. The Morgan fingerprint density at radius 1 is 1.20 bits per heavy atom. The quantitative estimate of drug-likeness (QED) is 0.394. The first-order valence-corrected chi connectivity index (χ1v) is 9.71. The van der Waals surface area contributed by atoms with Gasteiger partial charge in [0.2, 0.25) is 0 Å². The molecule has 0 bridgehead atoms. The molecule has 0 spiro atoms. The number of hydrogen-bond acceptors (Lipinski definition) is 5. The van der Waals surface area contributed by atoms with Crippen molar-refractivity contribution >= 4 is 27.0 Å². The van der Waals surface area contributed by atoms with Crippen LogP contribution < -0.4 is 0 Å². The maximum atomic E-state index is 12.6. The van der Waals surface area contributed by atoms with Gasteiger partial charge in [0.25, 0.3) is 5.69 Å². The summed E-state index contributed by atoms with van der Waals surface area (Å²) in [6.45, 7) is 3.54. The van der Waals surface area contributed by atoms with Crippen molar-refractivity contribution in [3.63, 3.8) is 0 Å². The van der Waals surface area contributed by atoms with Crippen LogP contribution in [0.25, 0.3) is 10.6 Å². The van der Waals surface area contributed by atoms with E-state index < -0.39 is 10.0 Å². The highest BCUT2D eigenvalue weighted by molar-refractivity contribution is 7.89. The minimum Gasteiger partial charge on any atom is -0.593 e. The average molecular weight is 376 g/mol. The van der Waals surface area contributed by atoms with Gasteiger partial charge in [0, 0.05) is 7.05 Å². The Labute approximate surface area is 149 Å². The van der Waals surface area contributed by atoms with Crippen molar-refractivity contribution in [3.05, 3.63) is 58.2 Å². The van der Waals surface area contributed by atoms with Crippen molar-refractivity contribution in [3.8, 4) is 10.6 Å². The SMILES string of the molecule is Cc1ccc(S(=O)(=O)/N=[N+](\[O-])c2c(-c3cccs3)nn(C)c2C)cc1. The second-order valence-electron chi connectivity index (χ2n) is 5.53. The molecule has 0 saturated heterocycles. The molecule has 2 heterocycles. The van der Waals surface area contributed by atoms with Gasteiger partial charge in [-0.3, -0.25) is 4.68 Å². The van der Waals surface area contributed by atoms with Crippen LogP contribution in [0.2, 0.25) is 0 Å². The summed E-state index contributed by atoms with van der Waals surface area (Å²) in [6, 6.07) is 9.83. The minimum atomic E-state index is -4.11. The fourth-order valence-corrected chi connectivity index (χ4v) is 3.86. The molecule has 130 valence electrons. The van der Waals surface area contributed by atoms with Crippen LogP contribution in [-0.2, 0) is 17.1 Å². The van der Waals surface area contributed by atoms with Crippen molar-refractivity contribution in [2.45, 2.75) is 18.7 Å². The van der Waals surface area contributed by atoms with Crippen LogP contribution in [-0.4, -0.2) is 23.1 Å². The Balaban J connectivity index is 2.11. The van der Waals surface area contributed by atoms with Gasteiger partial charge in [-0.25, -0.2) is 0 Å².